The Morgan fingerprint density at radius 2 is 1.88 bits per heavy atom. The van der Waals surface area contributed by atoms with Crippen LogP contribution in [0.1, 0.15) is 35.8 Å². The Balaban J connectivity index is 1.89. The zero-order valence-electron chi connectivity index (χ0n) is 13.4. The first-order chi connectivity index (χ1) is 11.5. The van der Waals surface area contributed by atoms with Gasteiger partial charge >= 0.3 is 5.97 Å². The average Bonchev–Trinajstić information content (AvgIpc) is 2.92. The van der Waals surface area contributed by atoms with Gasteiger partial charge in [0.15, 0.2) is 0 Å². The highest BCUT2D eigenvalue weighted by Gasteiger charge is 2.37. The number of aromatic nitrogens is 1. The zero-order chi connectivity index (χ0) is 17.3. The highest BCUT2D eigenvalue weighted by molar-refractivity contribution is 8.14. The fourth-order valence-corrected chi connectivity index (χ4v) is 3.94. The van der Waals surface area contributed by atoms with Gasteiger partial charge in [-0.2, -0.15) is 0 Å². The molecule has 3 rings (SSSR count). The van der Waals surface area contributed by atoms with Crippen LogP contribution in [0.25, 0.3) is 0 Å². The van der Waals surface area contributed by atoms with Gasteiger partial charge in [-0.15, -0.1) is 0 Å². The largest absolute Gasteiger partial charge is 0.457 e. The van der Waals surface area contributed by atoms with Crippen molar-refractivity contribution < 1.29 is 14.3 Å². The Bertz CT molecular complexity index is 842. The topological polar surface area (TPSA) is 65.4 Å². The molecule has 124 valence electrons. The molecule has 1 aliphatic heterocycles. The third-order valence-corrected chi connectivity index (χ3v) is 4.91. The van der Waals surface area contributed by atoms with Crippen molar-refractivity contribution in [1.29, 1.82) is 0 Å². The first-order valence-corrected chi connectivity index (χ1v) is 8.49. The first kappa shape index (κ1) is 16.5. The molecule has 2 aromatic rings. The van der Waals surface area contributed by atoms with Gasteiger partial charge < -0.3 is 4.74 Å². The summed E-state index contributed by atoms with van der Waals surface area (Å²) < 4.78 is 6.74. The summed E-state index contributed by atoms with van der Waals surface area (Å²) in [6, 6.07) is 11.5. The van der Waals surface area contributed by atoms with Crippen LogP contribution in [0.2, 0.25) is 0 Å². The van der Waals surface area contributed by atoms with Crippen molar-refractivity contribution in [2.75, 3.05) is 0 Å². The molecule has 1 atom stereocenters. The first-order valence-electron chi connectivity index (χ1n) is 7.67. The summed E-state index contributed by atoms with van der Waals surface area (Å²) in [7, 11) is 0. The molecule has 0 saturated heterocycles. The van der Waals surface area contributed by atoms with Gasteiger partial charge in [-0.05, 0) is 29.3 Å². The van der Waals surface area contributed by atoms with Crippen LogP contribution < -0.4 is 5.56 Å². The molecular weight excluding hydrogens is 326 g/mol. The van der Waals surface area contributed by atoms with Gasteiger partial charge in [0.05, 0.1) is 5.56 Å². The summed E-state index contributed by atoms with van der Waals surface area (Å²) in [4.78, 5) is 36.8. The quantitative estimate of drug-likeness (QED) is 0.799. The lowest BCUT2D eigenvalue weighted by atomic mass is 10.1. The molecule has 1 aromatic carbocycles. The lowest BCUT2D eigenvalue weighted by Gasteiger charge is -2.16. The molecule has 1 aliphatic rings. The summed E-state index contributed by atoms with van der Waals surface area (Å²) in [6.07, 6.45) is 0. The summed E-state index contributed by atoms with van der Waals surface area (Å²) in [5, 5.41) is 0.259. The van der Waals surface area contributed by atoms with E-state index >= 15 is 0 Å². The lowest BCUT2D eigenvalue weighted by Crippen LogP contribution is -2.28. The van der Waals surface area contributed by atoms with E-state index in [-0.39, 0.29) is 28.8 Å². The van der Waals surface area contributed by atoms with Crippen molar-refractivity contribution in [3.63, 3.8) is 0 Å². The Morgan fingerprint density at radius 3 is 2.54 bits per heavy atom. The summed E-state index contributed by atoms with van der Waals surface area (Å²) in [5.74, 6) is -0.563. The van der Waals surface area contributed by atoms with E-state index in [1.807, 2.05) is 44.2 Å². The number of thioether (sulfide) groups is 1. The van der Waals surface area contributed by atoms with Crippen LogP contribution in [0.4, 0.5) is 0 Å². The van der Waals surface area contributed by atoms with Gasteiger partial charge in [-0.25, -0.2) is 4.79 Å². The van der Waals surface area contributed by atoms with Crippen LogP contribution in [-0.4, -0.2) is 15.7 Å². The minimum atomic E-state index is -0.542. The number of hydrogen-bond acceptors (Lipinski definition) is 5. The highest BCUT2D eigenvalue weighted by Crippen LogP contribution is 2.39. The number of benzene rings is 1. The second kappa shape index (κ2) is 6.65. The van der Waals surface area contributed by atoms with Gasteiger partial charge in [0.2, 0.25) is 5.12 Å². The van der Waals surface area contributed by atoms with Crippen molar-refractivity contribution in [1.82, 2.24) is 4.57 Å². The molecule has 0 radical (unpaired) electrons. The number of hydrogen-bond donors (Lipinski definition) is 0. The predicted octanol–water partition coefficient (Wildman–Crippen LogP) is 3.03. The van der Waals surface area contributed by atoms with Crippen LogP contribution in [0, 0.1) is 5.92 Å². The van der Waals surface area contributed by atoms with E-state index in [4.69, 9.17) is 4.74 Å². The maximum absolute atomic E-state index is 12.4. The van der Waals surface area contributed by atoms with E-state index in [2.05, 4.69) is 0 Å². The molecule has 6 heteroatoms. The molecule has 0 amide bonds. The maximum Gasteiger partial charge on any atom is 0.341 e. The Morgan fingerprint density at radius 1 is 1.17 bits per heavy atom. The molecule has 5 nitrogen and oxygen atoms in total. The van der Waals surface area contributed by atoms with Crippen LogP contribution in [0.15, 0.2) is 52.3 Å². The number of esters is 1. The van der Waals surface area contributed by atoms with Crippen molar-refractivity contribution in [2.45, 2.75) is 31.5 Å². The number of nitrogens with zero attached hydrogens (tertiary/aromatic N) is 1. The number of rotatable bonds is 4. The number of carbonyl (C=O) groups is 2. The number of pyridine rings is 1. The monoisotopic (exact) mass is 343 g/mol. The lowest BCUT2D eigenvalue weighted by molar-refractivity contribution is -0.114. The predicted molar refractivity (Wildman–Crippen MR) is 91.0 cm³/mol. The molecule has 0 saturated carbocycles. The molecule has 0 fully saturated rings. The van der Waals surface area contributed by atoms with E-state index < -0.39 is 12.0 Å². The summed E-state index contributed by atoms with van der Waals surface area (Å²) in [6.45, 7) is 3.90. The molecule has 0 spiro atoms. The zero-order valence-corrected chi connectivity index (χ0v) is 14.2. The van der Waals surface area contributed by atoms with E-state index in [1.54, 1.807) is 0 Å². The SMILES string of the molecule is CC(C)C1C(=O)Sc2c(C(=O)OCc3ccccc3)ccc(=O)n21. The van der Waals surface area contributed by atoms with Gasteiger partial charge in [0, 0.05) is 6.07 Å². The van der Waals surface area contributed by atoms with Gasteiger partial charge in [-0.3, -0.25) is 14.2 Å². The second-order valence-corrected chi connectivity index (χ2v) is 6.93. The van der Waals surface area contributed by atoms with Crippen molar-refractivity contribution >= 4 is 22.8 Å². The minimum Gasteiger partial charge on any atom is -0.457 e. The molecule has 0 bridgehead atoms. The smallest absolute Gasteiger partial charge is 0.341 e. The van der Waals surface area contributed by atoms with Crippen molar-refractivity contribution in [2.24, 2.45) is 5.92 Å². The van der Waals surface area contributed by atoms with E-state index in [0.29, 0.717) is 5.03 Å². The third-order valence-electron chi connectivity index (χ3n) is 3.86. The molecular formula is C18H17NO4S. The van der Waals surface area contributed by atoms with Crippen molar-refractivity contribution in [3.05, 3.63) is 63.9 Å². The van der Waals surface area contributed by atoms with Gasteiger partial charge in [0.25, 0.3) is 5.56 Å². The summed E-state index contributed by atoms with van der Waals surface area (Å²) in [5.41, 5.74) is 0.855. The van der Waals surface area contributed by atoms with E-state index in [9.17, 15) is 14.4 Å². The highest BCUT2D eigenvalue weighted by atomic mass is 32.2. The van der Waals surface area contributed by atoms with Crippen LogP contribution in [-0.2, 0) is 16.1 Å². The second-order valence-electron chi connectivity index (χ2n) is 5.93. The number of fused-ring (bicyclic) bond motifs is 1. The fourth-order valence-electron chi connectivity index (χ4n) is 2.69. The van der Waals surface area contributed by atoms with Crippen LogP contribution in [0.5, 0.6) is 0 Å². The minimum absolute atomic E-state index is 0.0282. The molecule has 0 aliphatic carbocycles. The van der Waals surface area contributed by atoms with Gasteiger partial charge in [0.1, 0.15) is 17.7 Å². The molecule has 24 heavy (non-hydrogen) atoms. The van der Waals surface area contributed by atoms with Crippen LogP contribution >= 0.6 is 11.8 Å². The molecule has 2 heterocycles. The number of carbonyl (C=O) groups excluding carboxylic acids is 2. The van der Waals surface area contributed by atoms with E-state index in [1.165, 1.54) is 16.7 Å². The molecule has 1 unspecified atom stereocenters. The Kier molecular flexibility index (Phi) is 4.57. The van der Waals surface area contributed by atoms with E-state index in [0.717, 1.165) is 17.3 Å². The molecule has 1 aromatic heterocycles. The standard InChI is InChI=1S/C18H17NO4S/c1-11(2)15-18(22)24-16-13(8-9-14(20)19(15)16)17(21)23-10-12-6-4-3-5-7-12/h3-9,11,15H,10H2,1-2H3. The fraction of sp³-hybridized carbons (Fsp3) is 0.278. The summed E-state index contributed by atoms with van der Waals surface area (Å²) >= 11 is 0.941. The average molecular weight is 343 g/mol. The Labute approximate surface area is 143 Å². The van der Waals surface area contributed by atoms with Gasteiger partial charge in [-0.1, -0.05) is 44.2 Å². The normalized spacial score (nSPS) is 16.3. The third kappa shape index (κ3) is 3.01. The number of ether oxygens (including phenoxy) is 1. The maximum atomic E-state index is 12.4. The van der Waals surface area contributed by atoms with Crippen molar-refractivity contribution in [3.8, 4) is 0 Å². The van der Waals surface area contributed by atoms with Crippen LogP contribution in [0.3, 0.4) is 0 Å². The molecule has 0 N–H and O–H groups in total. The Hall–Kier alpha value is -2.34.